The summed E-state index contributed by atoms with van der Waals surface area (Å²) in [5.41, 5.74) is 0. The Balaban J connectivity index is 1.69. The molecule has 0 radical (unpaired) electrons. The maximum atomic E-state index is 12.2. The molecule has 1 saturated heterocycles. The molecule has 1 aliphatic carbocycles. The van der Waals surface area contributed by atoms with Gasteiger partial charge in [0.15, 0.2) is 0 Å². The van der Waals surface area contributed by atoms with E-state index < -0.39 is 10.0 Å². The Labute approximate surface area is 117 Å². The Morgan fingerprint density at radius 2 is 1.79 bits per heavy atom. The summed E-state index contributed by atoms with van der Waals surface area (Å²) in [6, 6.07) is 0. The number of rotatable bonds is 8. The number of hydrogen-bond donors (Lipinski definition) is 1. The molecule has 0 atom stereocenters. The Morgan fingerprint density at radius 1 is 1.11 bits per heavy atom. The van der Waals surface area contributed by atoms with Gasteiger partial charge in [-0.05, 0) is 31.7 Å². The number of piperazine rings is 1. The standard InChI is InChI=1S/C13H27N3O2S/c1-2-5-14-6-11-19(17,18)16-9-7-15(8-10-16)12-13-3-4-13/h13-14H,2-12H2,1H3. The second-order valence-corrected chi connectivity index (χ2v) is 7.80. The smallest absolute Gasteiger partial charge is 0.215 e. The topological polar surface area (TPSA) is 52.7 Å². The van der Waals surface area contributed by atoms with Crippen molar-refractivity contribution in [1.82, 2.24) is 14.5 Å². The molecule has 1 heterocycles. The van der Waals surface area contributed by atoms with Gasteiger partial charge in [0, 0.05) is 39.3 Å². The highest BCUT2D eigenvalue weighted by molar-refractivity contribution is 7.89. The van der Waals surface area contributed by atoms with Gasteiger partial charge in [-0.3, -0.25) is 0 Å². The molecule has 0 bridgehead atoms. The van der Waals surface area contributed by atoms with Crippen molar-refractivity contribution in [3.8, 4) is 0 Å². The highest BCUT2D eigenvalue weighted by Crippen LogP contribution is 2.30. The van der Waals surface area contributed by atoms with Crippen LogP contribution in [0.2, 0.25) is 0 Å². The average molecular weight is 289 g/mol. The molecular weight excluding hydrogens is 262 g/mol. The molecule has 2 fully saturated rings. The SMILES string of the molecule is CCCNCCS(=O)(=O)N1CCN(CC2CC2)CC1. The summed E-state index contributed by atoms with van der Waals surface area (Å²) < 4.78 is 26.0. The van der Waals surface area contributed by atoms with Crippen LogP contribution in [0, 0.1) is 5.92 Å². The number of nitrogens with one attached hydrogen (secondary N) is 1. The van der Waals surface area contributed by atoms with Crippen molar-refractivity contribution in [2.45, 2.75) is 26.2 Å². The molecule has 2 rings (SSSR count). The van der Waals surface area contributed by atoms with E-state index >= 15 is 0 Å². The summed E-state index contributed by atoms with van der Waals surface area (Å²) in [5.74, 6) is 1.12. The molecule has 0 unspecified atom stereocenters. The first-order valence-corrected chi connectivity index (χ1v) is 9.13. The summed E-state index contributed by atoms with van der Waals surface area (Å²) in [6.07, 6.45) is 3.77. The van der Waals surface area contributed by atoms with E-state index in [1.165, 1.54) is 19.4 Å². The van der Waals surface area contributed by atoms with Gasteiger partial charge in [0.05, 0.1) is 5.75 Å². The third kappa shape index (κ3) is 5.02. The lowest BCUT2D eigenvalue weighted by Gasteiger charge is -2.34. The fourth-order valence-electron chi connectivity index (χ4n) is 2.49. The highest BCUT2D eigenvalue weighted by atomic mass is 32.2. The van der Waals surface area contributed by atoms with Crippen LogP contribution in [0.1, 0.15) is 26.2 Å². The quantitative estimate of drug-likeness (QED) is 0.655. The van der Waals surface area contributed by atoms with E-state index in [-0.39, 0.29) is 5.75 Å². The fraction of sp³-hybridized carbons (Fsp3) is 1.00. The molecule has 0 aromatic heterocycles. The largest absolute Gasteiger partial charge is 0.316 e. The normalized spacial score (nSPS) is 22.8. The second kappa shape index (κ2) is 7.02. The van der Waals surface area contributed by atoms with Crippen LogP contribution in [0.4, 0.5) is 0 Å². The van der Waals surface area contributed by atoms with Crippen LogP contribution < -0.4 is 5.32 Å². The molecule has 5 nitrogen and oxygen atoms in total. The third-order valence-electron chi connectivity index (χ3n) is 3.90. The van der Waals surface area contributed by atoms with Gasteiger partial charge in [0.1, 0.15) is 0 Å². The van der Waals surface area contributed by atoms with Gasteiger partial charge in [0.25, 0.3) is 0 Å². The first-order chi connectivity index (χ1) is 9.12. The molecule has 6 heteroatoms. The Kier molecular flexibility index (Phi) is 5.62. The van der Waals surface area contributed by atoms with Crippen LogP contribution in [0.5, 0.6) is 0 Å². The Morgan fingerprint density at radius 3 is 2.37 bits per heavy atom. The lowest BCUT2D eigenvalue weighted by atomic mass is 10.3. The summed E-state index contributed by atoms with van der Waals surface area (Å²) in [6.45, 7) is 7.86. The molecule has 1 aliphatic heterocycles. The van der Waals surface area contributed by atoms with Crippen molar-refractivity contribution in [2.75, 3.05) is 51.6 Å². The van der Waals surface area contributed by atoms with Crippen LogP contribution in [0.25, 0.3) is 0 Å². The minimum Gasteiger partial charge on any atom is -0.316 e. The molecule has 0 aromatic carbocycles. The molecule has 19 heavy (non-hydrogen) atoms. The van der Waals surface area contributed by atoms with E-state index in [2.05, 4.69) is 17.1 Å². The molecule has 0 aromatic rings. The van der Waals surface area contributed by atoms with Gasteiger partial charge in [-0.15, -0.1) is 0 Å². The summed E-state index contributed by atoms with van der Waals surface area (Å²) in [4.78, 5) is 2.42. The van der Waals surface area contributed by atoms with Crippen LogP contribution in [-0.4, -0.2) is 69.2 Å². The third-order valence-corrected chi connectivity index (χ3v) is 5.77. The van der Waals surface area contributed by atoms with Crippen molar-refractivity contribution in [1.29, 1.82) is 0 Å². The molecule has 1 saturated carbocycles. The van der Waals surface area contributed by atoms with E-state index in [1.54, 1.807) is 4.31 Å². The number of hydrogen-bond acceptors (Lipinski definition) is 4. The lowest BCUT2D eigenvalue weighted by molar-refractivity contribution is 0.182. The zero-order chi connectivity index (χ0) is 13.7. The minimum absolute atomic E-state index is 0.232. The van der Waals surface area contributed by atoms with Crippen molar-refractivity contribution >= 4 is 10.0 Å². The zero-order valence-electron chi connectivity index (χ0n) is 12.0. The first kappa shape index (κ1) is 15.2. The monoisotopic (exact) mass is 289 g/mol. The number of nitrogens with zero attached hydrogens (tertiary/aromatic N) is 2. The van der Waals surface area contributed by atoms with Gasteiger partial charge >= 0.3 is 0 Å². The van der Waals surface area contributed by atoms with E-state index in [1.807, 2.05) is 0 Å². The summed E-state index contributed by atoms with van der Waals surface area (Å²) in [5, 5.41) is 3.16. The van der Waals surface area contributed by atoms with Crippen LogP contribution in [0.3, 0.4) is 0 Å². The van der Waals surface area contributed by atoms with Crippen LogP contribution >= 0.6 is 0 Å². The lowest BCUT2D eigenvalue weighted by Crippen LogP contribution is -2.50. The fourth-order valence-corrected chi connectivity index (χ4v) is 3.87. The molecular formula is C13H27N3O2S. The van der Waals surface area contributed by atoms with Crippen molar-refractivity contribution in [2.24, 2.45) is 5.92 Å². The molecule has 112 valence electrons. The molecule has 2 aliphatic rings. The second-order valence-electron chi connectivity index (χ2n) is 5.71. The minimum atomic E-state index is -3.06. The van der Waals surface area contributed by atoms with Crippen molar-refractivity contribution < 1.29 is 8.42 Å². The maximum absolute atomic E-state index is 12.2. The van der Waals surface area contributed by atoms with Crippen molar-refractivity contribution in [3.05, 3.63) is 0 Å². The van der Waals surface area contributed by atoms with Gasteiger partial charge in [-0.1, -0.05) is 6.92 Å². The average Bonchev–Trinajstić information content (AvgIpc) is 3.19. The van der Waals surface area contributed by atoms with Gasteiger partial charge in [0.2, 0.25) is 10.0 Å². The van der Waals surface area contributed by atoms with Gasteiger partial charge in [-0.25, -0.2) is 8.42 Å². The van der Waals surface area contributed by atoms with E-state index in [4.69, 9.17) is 0 Å². The van der Waals surface area contributed by atoms with Gasteiger partial charge in [-0.2, -0.15) is 4.31 Å². The van der Waals surface area contributed by atoms with E-state index in [0.29, 0.717) is 19.6 Å². The van der Waals surface area contributed by atoms with E-state index in [0.717, 1.165) is 32.0 Å². The van der Waals surface area contributed by atoms with Crippen molar-refractivity contribution in [3.63, 3.8) is 0 Å². The first-order valence-electron chi connectivity index (χ1n) is 7.52. The maximum Gasteiger partial charge on any atom is 0.215 e. The van der Waals surface area contributed by atoms with E-state index in [9.17, 15) is 8.42 Å². The predicted molar refractivity (Wildman–Crippen MR) is 77.7 cm³/mol. The molecule has 0 spiro atoms. The summed E-state index contributed by atoms with van der Waals surface area (Å²) >= 11 is 0. The van der Waals surface area contributed by atoms with Crippen LogP contribution in [0.15, 0.2) is 0 Å². The Hall–Kier alpha value is -0.170. The molecule has 1 N–H and O–H groups in total. The zero-order valence-corrected chi connectivity index (χ0v) is 12.8. The van der Waals surface area contributed by atoms with Crippen LogP contribution in [-0.2, 0) is 10.0 Å². The highest BCUT2D eigenvalue weighted by Gasteiger charge is 2.29. The summed E-state index contributed by atoms with van der Waals surface area (Å²) in [7, 11) is -3.06. The van der Waals surface area contributed by atoms with Gasteiger partial charge < -0.3 is 10.2 Å². The molecule has 0 amide bonds. The Bertz CT molecular complexity index is 360. The predicted octanol–water partition coefficient (Wildman–Crippen LogP) is 0.343. The number of sulfonamides is 1.